The second-order valence-electron chi connectivity index (χ2n) is 5.22. The van der Waals surface area contributed by atoms with Crippen LogP contribution in [0.25, 0.3) is 0 Å². The third-order valence-corrected chi connectivity index (χ3v) is 4.21. The summed E-state index contributed by atoms with van der Waals surface area (Å²) in [4.78, 5) is 13.0. The second-order valence-corrected chi connectivity index (χ2v) is 6.39. The Hall–Kier alpha value is -1.99. The highest BCUT2D eigenvalue weighted by molar-refractivity contribution is 7.99. The molecule has 128 valence electrons. The molecule has 0 aliphatic heterocycles. The predicted molar refractivity (Wildman–Crippen MR) is 87.7 cm³/mol. The zero-order chi connectivity index (χ0) is 17.7. The van der Waals surface area contributed by atoms with Gasteiger partial charge in [-0.25, -0.2) is 13.2 Å². The minimum Gasteiger partial charge on any atom is -0.393 e. The van der Waals surface area contributed by atoms with Crippen LogP contribution < -0.4 is 5.32 Å². The van der Waals surface area contributed by atoms with E-state index < -0.39 is 23.4 Å². The molecule has 2 aromatic rings. The molecule has 1 atom stereocenters. The molecule has 0 heterocycles. The SMILES string of the molecule is CC(O)CCSc1ccc(C(=O)Nc2cc(F)c(F)c(F)c2)cc1. The molecule has 1 unspecified atom stereocenters. The summed E-state index contributed by atoms with van der Waals surface area (Å²) in [5, 5.41) is 11.5. The van der Waals surface area contributed by atoms with E-state index in [1.165, 1.54) is 0 Å². The first-order chi connectivity index (χ1) is 11.4. The van der Waals surface area contributed by atoms with Gasteiger partial charge in [0.2, 0.25) is 0 Å². The molecule has 2 rings (SSSR count). The van der Waals surface area contributed by atoms with Crippen molar-refractivity contribution in [2.75, 3.05) is 11.1 Å². The van der Waals surface area contributed by atoms with Gasteiger partial charge < -0.3 is 10.4 Å². The van der Waals surface area contributed by atoms with Crippen molar-refractivity contribution < 1.29 is 23.1 Å². The van der Waals surface area contributed by atoms with Gasteiger partial charge in [-0.2, -0.15) is 0 Å². The third-order valence-electron chi connectivity index (χ3n) is 3.16. The van der Waals surface area contributed by atoms with Gasteiger partial charge in [-0.15, -0.1) is 11.8 Å². The summed E-state index contributed by atoms with van der Waals surface area (Å²) in [5.41, 5.74) is 0.145. The van der Waals surface area contributed by atoms with Crippen LogP contribution in [0.4, 0.5) is 18.9 Å². The normalized spacial score (nSPS) is 12.0. The van der Waals surface area contributed by atoms with Gasteiger partial charge in [-0.1, -0.05) is 0 Å². The fraction of sp³-hybridized carbons (Fsp3) is 0.235. The van der Waals surface area contributed by atoms with Crippen LogP contribution in [-0.4, -0.2) is 22.9 Å². The number of anilines is 1. The number of carbonyl (C=O) groups excluding carboxylic acids is 1. The number of rotatable bonds is 6. The molecule has 0 aromatic heterocycles. The molecule has 2 N–H and O–H groups in total. The molecule has 0 aliphatic rings. The number of aliphatic hydroxyl groups is 1. The van der Waals surface area contributed by atoms with Gasteiger partial charge >= 0.3 is 0 Å². The largest absolute Gasteiger partial charge is 0.393 e. The summed E-state index contributed by atoms with van der Waals surface area (Å²) in [6.07, 6.45) is 0.299. The average molecular weight is 355 g/mol. The number of thioether (sulfide) groups is 1. The maximum absolute atomic E-state index is 13.1. The van der Waals surface area contributed by atoms with Crippen LogP contribution in [0.3, 0.4) is 0 Å². The highest BCUT2D eigenvalue weighted by atomic mass is 32.2. The maximum Gasteiger partial charge on any atom is 0.255 e. The van der Waals surface area contributed by atoms with Crippen molar-refractivity contribution in [1.29, 1.82) is 0 Å². The first kappa shape index (κ1) is 18.4. The van der Waals surface area contributed by atoms with E-state index in [1.54, 1.807) is 43.0 Å². The Morgan fingerprint density at radius 3 is 2.29 bits per heavy atom. The number of hydrogen-bond acceptors (Lipinski definition) is 3. The van der Waals surface area contributed by atoms with Crippen molar-refractivity contribution >= 4 is 23.4 Å². The number of amides is 1. The van der Waals surface area contributed by atoms with Gasteiger partial charge in [0, 0.05) is 34.0 Å². The molecule has 1 amide bonds. The minimum atomic E-state index is -1.58. The molecule has 0 saturated carbocycles. The molecular weight excluding hydrogens is 339 g/mol. The number of hydrogen-bond donors (Lipinski definition) is 2. The first-order valence-corrected chi connectivity index (χ1v) is 8.22. The molecule has 0 radical (unpaired) electrons. The highest BCUT2D eigenvalue weighted by Crippen LogP contribution is 2.21. The van der Waals surface area contributed by atoms with Crippen LogP contribution in [0.5, 0.6) is 0 Å². The van der Waals surface area contributed by atoms with Crippen molar-refractivity contribution in [3.05, 3.63) is 59.4 Å². The topological polar surface area (TPSA) is 49.3 Å². The zero-order valence-electron chi connectivity index (χ0n) is 12.9. The van der Waals surface area contributed by atoms with E-state index in [4.69, 9.17) is 0 Å². The Balaban J connectivity index is 2.00. The second kappa shape index (κ2) is 8.21. The average Bonchev–Trinajstić information content (AvgIpc) is 2.52. The molecule has 0 fully saturated rings. The first-order valence-electron chi connectivity index (χ1n) is 7.23. The molecule has 24 heavy (non-hydrogen) atoms. The van der Waals surface area contributed by atoms with Crippen molar-refractivity contribution in [2.45, 2.75) is 24.3 Å². The smallest absolute Gasteiger partial charge is 0.255 e. The fourth-order valence-corrected chi connectivity index (χ4v) is 2.90. The Morgan fingerprint density at radius 1 is 1.17 bits per heavy atom. The molecule has 2 aromatic carbocycles. The lowest BCUT2D eigenvalue weighted by atomic mass is 10.2. The van der Waals surface area contributed by atoms with Crippen LogP contribution in [0.15, 0.2) is 41.3 Å². The molecule has 0 saturated heterocycles. The Bertz CT molecular complexity index is 697. The summed E-state index contributed by atoms with van der Waals surface area (Å²) in [6, 6.07) is 8.08. The van der Waals surface area contributed by atoms with Crippen LogP contribution in [0.1, 0.15) is 23.7 Å². The Kier molecular flexibility index (Phi) is 6.28. The van der Waals surface area contributed by atoms with E-state index in [0.717, 1.165) is 22.8 Å². The summed E-state index contributed by atoms with van der Waals surface area (Å²) >= 11 is 1.55. The van der Waals surface area contributed by atoms with Crippen LogP contribution >= 0.6 is 11.8 Å². The molecule has 3 nitrogen and oxygen atoms in total. The van der Waals surface area contributed by atoms with E-state index in [9.17, 15) is 23.1 Å². The lowest BCUT2D eigenvalue weighted by Crippen LogP contribution is -2.12. The number of halogens is 3. The number of nitrogens with one attached hydrogen (secondary N) is 1. The summed E-state index contributed by atoms with van der Waals surface area (Å²) in [5.74, 6) is -4.12. The monoisotopic (exact) mass is 355 g/mol. The van der Waals surface area contributed by atoms with Gasteiger partial charge in [0.1, 0.15) is 0 Å². The third kappa shape index (κ3) is 5.01. The fourth-order valence-electron chi connectivity index (χ4n) is 1.88. The van der Waals surface area contributed by atoms with Crippen LogP contribution in [0, 0.1) is 17.5 Å². The van der Waals surface area contributed by atoms with Gasteiger partial charge in [0.05, 0.1) is 6.10 Å². The van der Waals surface area contributed by atoms with E-state index >= 15 is 0 Å². The van der Waals surface area contributed by atoms with Crippen molar-refractivity contribution in [3.63, 3.8) is 0 Å². The molecule has 0 bridgehead atoms. The summed E-state index contributed by atoms with van der Waals surface area (Å²) in [7, 11) is 0. The molecule has 7 heteroatoms. The predicted octanol–water partition coefficient (Wildman–Crippen LogP) is 4.22. The summed E-state index contributed by atoms with van der Waals surface area (Å²) < 4.78 is 39.2. The summed E-state index contributed by atoms with van der Waals surface area (Å²) in [6.45, 7) is 1.72. The molecule has 0 spiro atoms. The zero-order valence-corrected chi connectivity index (χ0v) is 13.7. The minimum absolute atomic E-state index is 0.160. The maximum atomic E-state index is 13.1. The Morgan fingerprint density at radius 2 is 1.75 bits per heavy atom. The molecular formula is C17H16F3NO2S. The van der Waals surface area contributed by atoms with Gasteiger partial charge in [0.15, 0.2) is 17.5 Å². The number of aliphatic hydroxyl groups excluding tert-OH is 1. The van der Waals surface area contributed by atoms with Crippen molar-refractivity contribution in [1.82, 2.24) is 0 Å². The quantitative estimate of drug-likeness (QED) is 0.603. The number of benzene rings is 2. The van der Waals surface area contributed by atoms with Gasteiger partial charge in [0.25, 0.3) is 5.91 Å². The van der Waals surface area contributed by atoms with E-state index in [-0.39, 0.29) is 11.8 Å². The van der Waals surface area contributed by atoms with E-state index in [2.05, 4.69) is 5.32 Å². The van der Waals surface area contributed by atoms with Crippen LogP contribution in [0.2, 0.25) is 0 Å². The molecule has 0 aliphatic carbocycles. The number of carbonyl (C=O) groups is 1. The van der Waals surface area contributed by atoms with Gasteiger partial charge in [-0.05, 0) is 37.6 Å². The lowest BCUT2D eigenvalue weighted by molar-refractivity contribution is 0.102. The highest BCUT2D eigenvalue weighted by Gasteiger charge is 2.13. The standard InChI is InChI=1S/C17H16F3NO2S/c1-10(22)6-7-24-13-4-2-11(3-5-13)17(23)21-12-8-14(18)16(20)15(19)9-12/h2-5,8-10,22H,6-7H2,1H3,(H,21,23). The van der Waals surface area contributed by atoms with Crippen molar-refractivity contribution in [3.8, 4) is 0 Å². The Labute approximate surface area is 141 Å². The van der Waals surface area contributed by atoms with E-state index in [1.807, 2.05) is 0 Å². The van der Waals surface area contributed by atoms with Crippen molar-refractivity contribution in [2.24, 2.45) is 0 Å². The van der Waals surface area contributed by atoms with Gasteiger partial charge in [-0.3, -0.25) is 4.79 Å². The van der Waals surface area contributed by atoms with E-state index in [0.29, 0.717) is 12.0 Å². The van der Waals surface area contributed by atoms with Crippen LogP contribution in [-0.2, 0) is 0 Å². The lowest BCUT2D eigenvalue weighted by Gasteiger charge is -2.08.